The SMILES string of the molecule is O=C(c1ccc(Nc2nccc(-c3ccc(S(=O)c4ccccc4)cc3)n2)cc1)N1CCNCC1. The highest BCUT2D eigenvalue weighted by Crippen LogP contribution is 2.23. The van der Waals surface area contributed by atoms with Gasteiger partial charge in [0.25, 0.3) is 5.91 Å². The Balaban J connectivity index is 1.27. The van der Waals surface area contributed by atoms with E-state index in [-0.39, 0.29) is 5.91 Å². The molecule has 7 nitrogen and oxygen atoms in total. The lowest BCUT2D eigenvalue weighted by atomic mass is 10.1. The number of hydrogen-bond acceptors (Lipinski definition) is 6. The van der Waals surface area contributed by atoms with Crippen LogP contribution in [0.25, 0.3) is 11.3 Å². The van der Waals surface area contributed by atoms with Gasteiger partial charge in [0, 0.05) is 59.0 Å². The predicted molar refractivity (Wildman–Crippen MR) is 137 cm³/mol. The van der Waals surface area contributed by atoms with Gasteiger partial charge in [0.1, 0.15) is 0 Å². The molecule has 3 aromatic carbocycles. The standard InChI is InChI=1S/C27H25N5O2S/c33-26(32-18-16-28-17-19-32)21-6-10-22(11-7-21)30-27-29-15-14-25(31-27)20-8-12-24(13-9-20)35(34)23-4-2-1-3-5-23/h1-15,28H,16-19H2,(H,29,30,31). The second-order valence-electron chi connectivity index (χ2n) is 8.12. The van der Waals surface area contributed by atoms with Crippen molar-refractivity contribution in [1.82, 2.24) is 20.2 Å². The van der Waals surface area contributed by atoms with E-state index in [9.17, 15) is 9.00 Å². The van der Waals surface area contributed by atoms with Crippen molar-refractivity contribution in [3.63, 3.8) is 0 Å². The van der Waals surface area contributed by atoms with Gasteiger partial charge in [-0.25, -0.2) is 14.2 Å². The molecule has 176 valence electrons. The molecule has 1 aliphatic rings. The number of carbonyl (C=O) groups is 1. The van der Waals surface area contributed by atoms with Crippen LogP contribution >= 0.6 is 0 Å². The summed E-state index contributed by atoms with van der Waals surface area (Å²) in [7, 11) is -1.22. The number of rotatable bonds is 6. The number of nitrogens with one attached hydrogen (secondary N) is 2. The summed E-state index contributed by atoms with van der Waals surface area (Å²) in [6.07, 6.45) is 1.70. The van der Waals surface area contributed by atoms with Crippen molar-refractivity contribution in [1.29, 1.82) is 0 Å². The molecule has 35 heavy (non-hydrogen) atoms. The lowest BCUT2D eigenvalue weighted by Gasteiger charge is -2.27. The van der Waals surface area contributed by atoms with Crippen LogP contribution in [0, 0.1) is 0 Å². The van der Waals surface area contributed by atoms with Crippen LogP contribution in [0.15, 0.2) is 101 Å². The van der Waals surface area contributed by atoms with Crippen molar-refractivity contribution >= 4 is 28.3 Å². The van der Waals surface area contributed by atoms with Gasteiger partial charge in [-0.05, 0) is 54.6 Å². The second kappa shape index (κ2) is 10.6. The highest BCUT2D eigenvalue weighted by molar-refractivity contribution is 7.85. The molecule has 1 aliphatic heterocycles. The summed E-state index contributed by atoms with van der Waals surface area (Å²) in [5.41, 5.74) is 3.12. The summed E-state index contributed by atoms with van der Waals surface area (Å²) >= 11 is 0. The van der Waals surface area contributed by atoms with Crippen molar-refractivity contribution < 1.29 is 9.00 Å². The Labute approximate surface area is 206 Å². The Morgan fingerprint density at radius 3 is 2.26 bits per heavy atom. The Bertz CT molecular complexity index is 1320. The summed E-state index contributed by atoms with van der Waals surface area (Å²) in [6.45, 7) is 3.10. The van der Waals surface area contributed by atoms with Crippen LogP contribution in [0.4, 0.5) is 11.6 Å². The third-order valence-electron chi connectivity index (χ3n) is 5.77. The van der Waals surface area contributed by atoms with E-state index >= 15 is 0 Å². The Kier molecular flexibility index (Phi) is 6.92. The van der Waals surface area contributed by atoms with E-state index in [2.05, 4.69) is 20.6 Å². The van der Waals surface area contributed by atoms with E-state index in [0.29, 0.717) is 11.5 Å². The lowest BCUT2D eigenvalue weighted by molar-refractivity contribution is 0.0736. The highest BCUT2D eigenvalue weighted by Gasteiger charge is 2.17. The van der Waals surface area contributed by atoms with Gasteiger partial charge in [0.2, 0.25) is 5.95 Å². The average molecular weight is 484 g/mol. The second-order valence-corrected chi connectivity index (χ2v) is 9.60. The van der Waals surface area contributed by atoms with Crippen molar-refractivity contribution in [3.8, 4) is 11.3 Å². The Hall–Kier alpha value is -3.88. The molecule has 0 saturated carbocycles. The molecule has 1 saturated heterocycles. The molecular weight excluding hydrogens is 458 g/mol. The van der Waals surface area contributed by atoms with Crippen molar-refractivity contribution in [3.05, 3.63) is 96.7 Å². The quantitative estimate of drug-likeness (QED) is 0.429. The summed E-state index contributed by atoms with van der Waals surface area (Å²) in [5.74, 6) is 0.508. The van der Waals surface area contributed by atoms with Crippen molar-refractivity contribution in [2.45, 2.75) is 9.79 Å². The molecule has 1 amide bonds. The van der Waals surface area contributed by atoms with Gasteiger partial charge in [0.05, 0.1) is 16.5 Å². The fourth-order valence-electron chi connectivity index (χ4n) is 3.88. The topological polar surface area (TPSA) is 87.2 Å². The number of hydrogen-bond donors (Lipinski definition) is 2. The molecule has 0 spiro atoms. The fourth-order valence-corrected chi connectivity index (χ4v) is 4.94. The zero-order chi connectivity index (χ0) is 24.0. The molecule has 1 unspecified atom stereocenters. The van der Waals surface area contributed by atoms with Crippen molar-refractivity contribution in [2.75, 3.05) is 31.5 Å². The molecule has 1 fully saturated rings. The van der Waals surface area contributed by atoms with Gasteiger partial charge >= 0.3 is 0 Å². The molecule has 1 atom stereocenters. The third-order valence-corrected chi connectivity index (χ3v) is 7.17. The molecule has 1 aromatic heterocycles. The largest absolute Gasteiger partial charge is 0.336 e. The Morgan fingerprint density at radius 2 is 1.54 bits per heavy atom. The first-order valence-corrected chi connectivity index (χ1v) is 12.6. The minimum absolute atomic E-state index is 0.0490. The van der Waals surface area contributed by atoms with Gasteiger partial charge in [-0.2, -0.15) is 0 Å². The number of aromatic nitrogens is 2. The van der Waals surface area contributed by atoms with Gasteiger partial charge in [-0.15, -0.1) is 0 Å². The van der Waals surface area contributed by atoms with Crippen molar-refractivity contribution in [2.24, 2.45) is 0 Å². The van der Waals surface area contributed by atoms with Crippen LogP contribution in [0.2, 0.25) is 0 Å². The molecular formula is C27H25N5O2S. The summed E-state index contributed by atoms with van der Waals surface area (Å²) in [6, 6.07) is 26.2. The van der Waals surface area contributed by atoms with E-state index < -0.39 is 10.8 Å². The van der Waals surface area contributed by atoms with E-state index in [1.165, 1.54) is 0 Å². The monoisotopic (exact) mass is 483 g/mol. The number of carbonyl (C=O) groups excluding carboxylic acids is 1. The zero-order valence-electron chi connectivity index (χ0n) is 19.1. The van der Waals surface area contributed by atoms with Gasteiger partial charge < -0.3 is 15.5 Å². The van der Waals surface area contributed by atoms with Crippen LogP contribution < -0.4 is 10.6 Å². The average Bonchev–Trinajstić information content (AvgIpc) is 2.94. The van der Waals surface area contributed by atoms with E-state index in [4.69, 9.17) is 0 Å². The molecule has 0 aliphatic carbocycles. The maximum atomic E-state index is 12.8. The van der Waals surface area contributed by atoms with Crippen LogP contribution in [-0.2, 0) is 10.8 Å². The summed E-state index contributed by atoms with van der Waals surface area (Å²) in [5, 5.41) is 6.46. The first-order chi connectivity index (χ1) is 17.2. The minimum atomic E-state index is -1.22. The molecule has 0 radical (unpaired) electrons. The van der Waals surface area contributed by atoms with E-state index in [1.54, 1.807) is 6.20 Å². The molecule has 2 N–H and O–H groups in total. The lowest BCUT2D eigenvalue weighted by Crippen LogP contribution is -2.46. The maximum Gasteiger partial charge on any atom is 0.253 e. The van der Waals surface area contributed by atoms with Crippen LogP contribution in [0.3, 0.4) is 0 Å². The van der Waals surface area contributed by atoms with Crippen LogP contribution in [-0.4, -0.2) is 51.2 Å². The fraction of sp³-hybridized carbons (Fsp3) is 0.148. The molecule has 8 heteroatoms. The number of piperazine rings is 1. The van der Waals surface area contributed by atoms with E-state index in [0.717, 1.165) is 52.9 Å². The highest BCUT2D eigenvalue weighted by atomic mass is 32.2. The Morgan fingerprint density at radius 1 is 0.857 bits per heavy atom. The first kappa shape index (κ1) is 22.9. The molecule has 5 rings (SSSR count). The molecule has 2 heterocycles. The first-order valence-electron chi connectivity index (χ1n) is 11.4. The molecule has 4 aromatic rings. The van der Waals surface area contributed by atoms with Gasteiger partial charge in [-0.3, -0.25) is 4.79 Å². The number of amides is 1. The van der Waals surface area contributed by atoms with Gasteiger partial charge in [0.15, 0.2) is 0 Å². The van der Waals surface area contributed by atoms with Crippen LogP contribution in [0.5, 0.6) is 0 Å². The summed E-state index contributed by atoms with van der Waals surface area (Å²) < 4.78 is 12.8. The number of nitrogens with zero attached hydrogens (tertiary/aromatic N) is 3. The minimum Gasteiger partial charge on any atom is -0.336 e. The maximum absolute atomic E-state index is 12.8. The number of anilines is 2. The predicted octanol–water partition coefficient (Wildman–Crippen LogP) is 4.10. The van der Waals surface area contributed by atoms with E-state index in [1.807, 2.05) is 89.8 Å². The zero-order valence-corrected chi connectivity index (χ0v) is 19.9. The third kappa shape index (κ3) is 5.45. The smallest absolute Gasteiger partial charge is 0.253 e. The van der Waals surface area contributed by atoms with Crippen LogP contribution in [0.1, 0.15) is 10.4 Å². The number of benzene rings is 3. The normalized spacial score (nSPS) is 14.3. The van der Waals surface area contributed by atoms with Gasteiger partial charge in [-0.1, -0.05) is 30.3 Å². The molecule has 0 bridgehead atoms. The summed E-state index contributed by atoms with van der Waals surface area (Å²) in [4.78, 5) is 25.0.